The zero-order valence-electron chi connectivity index (χ0n) is 8.92. The van der Waals surface area contributed by atoms with Crippen LogP contribution in [0.15, 0.2) is 12.1 Å². The van der Waals surface area contributed by atoms with Crippen LogP contribution in [-0.4, -0.2) is 12.2 Å². The molecular formula is C12H16O2. The molecule has 2 heteroatoms. The molecule has 1 aromatic rings. The molecular weight excluding hydrogens is 176 g/mol. The van der Waals surface area contributed by atoms with E-state index in [0.29, 0.717) is 0 Å². The molecule has 2 nitrogen and oxygen atoms in total. The summed E-state index contributed by atoms with van der Waals surface area (Å²) in [5, 5.41) is 10.0. The van der Waals surface area contributed by atoms with Crippen molar-refractivity contribution in [2.45, 2.75) is 32.3 Å². The quantitative estimate of drug-likeness (QED) is 0.779. The third-order valence-electron chi connectivity index (χ3n) is 3.04. The van der Waals surface area contributed by atoms with Crippen molar-refractivity contribution in [3.63, 3.8) is 0 Å². The van der Waals surface area contributed by atoms with Crippen LogP contribution in [0.4, 0.5) is 0 Å². The van der Waals surface area contributed by atoms with Crippen LogP contribution in [0, 0.1) is 13.8 Å². The van der Waals surface area contributed by atoms with Crippen molar-refractivity contribution in [3.05, 3.63) is 28.8 Å². The van der Waals surface area contributed by atoms with Gasteiger partial charge in [0, 0.05) is 5.56 Å². The Morgan fingerprint density at radius 2 is 1.79 bits per heavy atom. The zero-order valence-corrected chi connectivity index (χ0v) is 8.92. The molecule has 1 N–H and O–H groups in total. The Balaban J connectivity index is 2.52. The number of methoxy groups -OCH3 is 1. The molecule has 0 amide bonds. The molecule has 0 aromatic heterocycles. The molecule has 0 aliphatic heterocycles. The van der Waals surface area contributed by atoms with E-state index in [1.54, 1.807) is 7.11 Å². The number of aliphatic hydroxyl groups is 1. The Bertz CT molecular complexity index is 365. The van der Waals surface area contributed by atoms with Gasteiger partial charge in [0.25, 0.3) is 0 Å². The summed E-state index contributed by atoms with van der Waals surface area (Å²) in [5.41, 5.74) is 2.75. The lowest BCUT2D eigenvalue weighted by Gasteiger charge is -2.15. The monoisotopic (exact) mass is 192 g/mol. The van der Waals surface area contributed by atoms with Crippen LogP contribution in [0.1, 0.15) is 29.5 Å². The van der Waals surface area contributed by atoms with E-state index in [2.05, 4.69) is 13.8 Å². The second kappa shape index (κ2) is 2.99. The molecule has 1 aromatic carbocycles. The highest BCUT2D eigenvalue weighted by molar-refractivity contribution is 5.46. The van der Waals surface area contributed by atoms with E-state index in [-0.39, 0.29) is 0 Å². The summed E-state index contributed by atoms with van der Waals surface area (Å²) in [6.45, 7) is 4.11. The smallest absolute Gasteiger partial charge is 0.125 e. The minimum absolute atomic E-state index is 0.607. The first-order valence-electron chi connectivity index (χ1n) is 4.95. The van der Waals surface area contributed by atoms with Crippen molar-refractivity contribution in [2.75, 3.05) is 7.11 Å². The van der Waals surface area contributed by atoms with Crippen LogP contribution in [-0.2, 0) is 5.60 Å². The van der Waals surface area contributed by atoms with Gasteiger partial charge in [-0.2, -0.15) is 0 Å². The van der Waals surface area contributed by atoms with Gasteiger partial charge in [-0.25, -0.2) is 0 Å². The topological polar surface area (TPSA) is 29.5 Å². The predicted molar refractivity (Wildman–Crippen MR) is 55.6 cm³/mol. The zero-order chi connectivity index (χ0) is 10.3. The first-order valence-corrected chi connectivity index (χ1v) is 4.95. The van der Waals surface area contributed by atoms with Gasteiger partial charge < -0.3 is 9.84 Å². The highest BCUT2D eigenvalue weighted by Gasteiger charge is 2.44. The Labute approximate surface area is 84.5 Å². The third kappa shape index (κ3) is 1.40. The maximum atomic E-state index is 10.0. The molecule has 1 saturated carbocycles. The molecule has 0 bridgehead atoms. The normalized spacial score (nSPS) is 18.0. The highest BCUT2D eigenvalue weighted by Crippen LogP contribution is 2.49. The van der Waals surface area contributed by atoms with E-state index in [4.69, 9.17) is 4.74 Å². The second-order valence-corrected chi connectivity index (χ2v) is 4.17. The Morgan fingerprint density at radius 3 is 2.29 bits per heavy atom. The summed E-state index contributed by atoms with van der Waals surface area (Å²) in [4.78, 5) is 0. The fraction of sp³-hybridized carbons (Fsp3) is 0.500. The maximum Gasteiger partial charge on any atom is 0.125 e. The lowest BCUT2D eigenvalue weighted by atomic mass is 10.00. The van der Waals surface area contributed by atoms with Crippen molar-refractivity contribution >= 4 is 0 Å². The van der Waals surface area contributed by atoms with Gasteiger partial charge in [-0.15, -0.1) is 0 Å². The summed E-state index contributed by atoms with van der Waals surface area (Å²) in [6, 6.07) is 4.04. The first kappa shape index (κ1) is 9.53. The average molecular weight is 192 g/mol. The fourth-order valence-electron chi connectivity index (χ4n) is 1.71. The van der Waals surface area contributed by atoms with Gasteiger partial charge in [0.2, 0.25) is 0 Å². The molecule has 76 valence electrons. The highest BCUT2D eigenvalue weighted by atomic mass is 16.5. The van der Waals surface area contributed by atoms with Crippen LogP contribution < -0.4 is 4.74 Å². The number of ether oxygens (including phenoxy) is 1. The first-order chi connectivity index (χ1) is 6.57. The Kier molecular flexibility index (Phi) is 2.04. The number of aryl methyl sites for hydroxylation is 2. The summed E-state index contributed by atoms with van der Waals surface area (Å²) in [5.74, 6) is 0.813. The van der Waals surface area contributed by atoms with E-state index >= 15 is 0 Å². The van der Waals surface area contributed by atoms with E-state index in [9.17, 15) is 5.11 Å². The Hall–Kier alpha value is -1.02. The van der Waals surface area contributed by atoms with Gasteiger partial charge in [-0.05, 0) is 49.9 Å². The van der Waals surface area contributed by atoms with E-state index in [1.807, 2.05) is 12.1 Å². The molecule has 14 heavy (non-hydrogen) atoms. The van der Waals surface area contributed by atoms with Crippen LogP contribution in [0.3, 0.4) is 0 Å². The van der Waals surface area contributed by atoms with Crippen molar-refractivity contribution in [1.82, 2.24) is 0 Å². The largest absolute Gasteiger partial charge is 0.496 e. The van der Waals surface area contributed by atoms with Crippen molar-refractivity contribution < 1.29 is 9.84 Å². The number of rotatable bonds is 2. The summed E-state index contributed by atoms with van der Waals surface area (Å²) in [7, 11) is 1.65. The number of benzene rings is 1. The molecule has 0 saturated heterocycles. The van der Waals surface area contributed by atoms with E-state index < -0.39 is 5.60 Å². The fourth-order valence-corrected chi connectivity index (χ4v) is 1.71. The maximum absolute atomic E-state index is 10.0. The van der Waals surface area contributed by atoms with Crippen molar-refractivity contribution in [1.29, 1.82) is 0 Å². The number of hydrogen-bond acceptors (Lipinski definition) is 2. The summed E-state index contributed by atoms with van der Waals surface area (Å²) in [6.07, 6.45) is 1.71. The van der Waals surface area contributed by atoms with Gasteiger partial charge in [-0.3, -0.25) is 0 Å². The molecule has 0 spiro atoms. The standard InChI is InChI=1S/C12H16O2/c1-8-6-10(12(13)4-5-12)11(14-3)7-9(8)2/h6-7,13H,4-5H2,1-3H3. The van der Waals surface area contributed by atoms with Crippen LogP contribution in [0.2, 0.25) is 0 Å². The van der Waals surface area contributed by atoms with Crippen LogP contribution in [0.25, 0.3) is 0 Å². The van der Waals surface area contributed by atoms with Gasteiger partial charge in [0.05, 0.1) is 12.7 Å². The van der Waals surface area contributed by atoms with Gasteiger partial charge in [-0.1, -0.05) is 0 Å². The van der Waals surface area contributed by atoms with Gasteiger partial charge in [0.15, 0.2) is 0 Å². The molecule has 0 radical (unpaired) electrons. The van der Waals surface area contributed by atoms with Crippen molar-refractivity contribution in [2.24, 2.45) is 0 Å². The third-order valence-corrected chi connectivity index (χ3v) is 3.04. The molecule has 0 unspecified atom stereocenters. The second-order valence-electron chi connectivity index (χ2n) is 4.17. The van der Waals surface area contributed by atoms with Crippen molar-refractivity contribution in [3.8, 4) is 5.75 Å². The molecule has 0 heterocycles. The van der Waals surface area contributed by atoms with E-state index in [1.165, 1.54) is 11.1 Å². The lowest BCUT2D eigenvalue weighted by Crippen LogP contribution is -2.07. The SMILES string of the molecule is COc1cc(C)c(C)cc1C1(O)CC1. The van der Waals surface area contributed by atoms with Crippen LogP contribution >= 0.6 is 0 Å². The van der Waals surface area contributed by atoms with Gasteiger partial charge in [0.1, 0.15) is 5.75 Å². The molecule has 1 fully saturated rings. The lowest BCUT2D eigenvalue weighted by molar-refractivity contribution is 0.147. The molecule has 1 aliphatic rings. The summed E-state index contributed by atoms with van der Waals surface area (Å²) < 4.78 is 5.29. The number of hydrogen-bond donors (Lipinski definition) is 1. The predicted octanol–water partition coefficient (Wildman–Crippen LogP) is 2.29. The minimum Gasteiger partial charge on any atom is -0.496 e. The molecule has 1 aliphatic carbocycles. The molecule has 0 atom stereocenters. The molecule has 2 rings (SSSR count). The summed E-state index contributed by atoms with van der Waals surface area (Å²) >= 11 is 0. The van der Waals surface area contributed by atoms with E-state index in [0.717, 1.165) is 24.2 Å². The van der Waals surface area contributed by atoms with Crippen LogP contribution in [0.5, 0.6) is 5.75 Å². The minimum atomic E-state index is -0.607. The average Bonchev–Trinajstić information content (AvgIpc) is 2.89. The Morgan fingerprint density at radius 1 is 1.21 bits per heavy atom. The van der Waals surface area contributed by atoms with Gasteiger partial charge >= 0.3 is 0 Å².